The molecule has 0 atom stereocenters. The third-order valence-electron chi connectivity index (χ3n) is 2.69. The van der Waals surface area contributed by atoms with E-state index in [1.807, 2.05) is 18.2 Å². The first-order chi connectivity index (χ1) is 8.31. The molecule has 5 heteroatoms. The number of carbonyl (C=O) groups excluding carboxylic acids is 1. The molecule has 0 spiro atoms. The molecule has 0 radical (unpaired) electrons. The lowest BCUT2D eigenvalue weighted by atomic mass is 10.2. The first-order valence-electron chi connectivity index (χ1n) is 5.46. The minimum absolute atomic E-state index is 0.326. The van der Waals surface area contributed by atoms with Crippen LogP contribution in [0.15, 0.2) is 23.2 Å². The van der Waals surface area contributed by atoms with Gasteiger partial charge in [0.05, 0.1) is 30.5 Å². The van der Waals surface area contributed by atoms with Crippen LogP contribution in [0.25, 0.3) is 0 Å². The van der Waals surface area contributed by atoms with E-state index in [0.717, 1.165) is 37.6 Å². The van der Waals surface area contributed by atoms with Gasteiger partial charge in [-0.05, 0) is 17.7 Å². The van der Waals surface area contributed by atoms with Crippen LogP contribution in [0.1, 0.15) is 5.56 Å². The van der Waals surface area contributed by atoms with E-state index in [2.05, 4.69) is 9.89 Å². The molecule has 1 aromatic carbocycles. The van der Waals surface area contributed by atoms with Crippen LogP contribution >= 0.6 is 11.6 Å². The van der Waals surface area contributed by atoms with E-state index in [-0.39, 0.29) is 0 Å². The second-order valence-electron chi connectivity index (χ2n) is 3.79. The molecule has 0 aliphatic carbocycles. The maximum absolute atomic E-state index is 10.0. The summed E-state index contributed by atoms with van der Waals surface area (Å²) in [6.07, 6.45) is 1.52. The smallest absolute Gasteiger partial charge is 0.235 e. The topological polar surface area (TPSA) is 41.9 Å². The van der Waals surface area contributed by atoms with Crippen LogP contribution in [-0.4, -0.2) is 32.4 Å². The highest BCUT2D eigenvalue weighted by Gasteiger charge is 2.14. The van der Waals surface area contributed by atoms with Gasteiger partial charge in [0.2, 0.25) is 6.08 Å². The number of rotatable bonds is 3. The molecule has 0 unspecified atom stereocenters. The van der Waals surface area contributed by atoms with Crippen molar-refractivity contribution >= 4 is 23.4 Å². The summed E-state index contributed by atoms with van der Waals surface area (Å²) in [4.78, 5) is 15.8. The van der Waals surface area contributed by atoms with Gasteiger partial charge in [-0.1, -0.05) is 17.7 Å². The van der Waals surface area contributed by atoms with E-state index in [4.69, 9.17) is 16.3 Å². The van der Waals surface area contributed by atoms with Gasteiger partial charge in [-0.2, -0.15) is 0 Å². The minimum Gasteiger partial charge on any atom is -0.378 e. The monoisotopic (exact) mass is 252 g/mol. The van der Waals surface area contributed by atoms with Gasteiger partial charge in [0.1, 0.15) is 0 Å². The van der Waals surface area contributed by atoms with Crippen LogP contribution in [0.5, 0.6) is 0 Å². The zero-order valence-electron chi connectivity index (χ0n) is 9.36. The van der Waals surface area contributed by atoms with Crippen molar-refractivity contribution in [2.45, 2.75) is 6.54 Å². The second kappa shape index (κ2) is 5.82. The molecular formula is C12H13ClN2O2. The van der Waals surface area contributed by atoms with Crippen LogP contribution < -0.4 is 4.90 Å². The largest absolute Gasteiger partial charge is 0.378 e. The summed E-state index contributed by atoms with van der Waals surface area (Å²) in [6.45, 7) is 3.49. The van der Waals surface area contributed by atoms with Crippen molar-refractivity contribution in [2.24, 2.45) is 4.99 Å². The van der Waals surface area contributed by atoms with Crippen molar-refractivity contribution in [2.75, 3.05) is 31.2 Å². The molecule has 1 fully saturated rings. The standard InChI is InChI=1S/C12H13ClN2O2/c13-11-7-10(8-14-9-16)1-2-12(11)15-3-5-17-6-4-15/h1-2,7H,3-6,8H2. The highest BCUT2D eigenvalue weighted by molar-refractivity contribution is 6.33. The molecule has 1 aromatic rings. The molecular weight excluding hydrogens is 240 g/mol. The minimum atomic E-state index is 0.326. The number of aliphatic imine (C=N–C) groups is 1. The Hall–Kier alpha value is -1.35. The molecule has 0 bridgehead atoms. The van der Waals surface area contributed by atoms with Gasteiger partial charge < -0.3 is 9.64 Å². The number of hydrogen-bond donors (Lipinski definition) is 0. The molecule has 1 heterocycles. The molecule has 0 saturated carbocycles. The number of nitrogens with zero attached hydrogens (tertiary/aromatic N) is 2. The summed E-state index contributed by atoms with van der Waals surface area (Å²) < 4.78 is 5.30. The third kappa shape index (κ3) is 3.07. The number of anilines is 1. The van der Waals surface area contributed by atoms with Crippen LogP contribution in [0.4, 0.5) is 5.69 Å². The fourth-order valence-corrected chi connectivity index (χ4v) is 2.16. The zero-order chi connectivity index (χ0) is 12.1. The molecule has 2 rings (SSSR count). The summed E-state index contributed by atoms with van der Waals surface area (Å²) in [5.41, 5.74) is 1.92. The van der Waals surface area contributed by atoms with Crippen molar-refractivity contribution in [3.05, 3.63) is 28.8 Å². The predicted molar refractivity (Wildman–Crippen MR) is 66.3 cm³/mol. The number of isocyanates is 1. The van der Waals surface area contributed by atoms with Crippen molar-refractivity contribution in [3.8, 4) is 0 Å². The predicted octanol–water partition coefficient (Wildman–Crippen LogP) is 2.01. The zero-order valence-corrected chi connectivity index (χ0v) is 10.1. The molecule has 0 aromatic heterocycles. The molecule has 1 aliphatic heterocycles. The van der Waals surface area contributed by atoms with Gasteiger partial charge in [0.25, 0.3) is 0 Å². The van der Waals surface area contributed by atoms with Gasteiger partial charge >= 0.3 is 0 Å². The number of ether oxygens (including phenoxy) is 1. The number of halogens is 1. The fraction of sp³-hybridized carbons (Fsp3) is 0.417. The Balaban J connectivity index is 2.15. The van der Waals surface area contributed by atoms with Crippen LogP contribution in [0.2, 0.25) is 5.02 Å². The first kappa shape index (κ1) is 12.1. The van der Waals surface area contributed by atoms with Crippen molar-refractivity contribution in [3.63, 3.8) is 0 Å². The highest BCUT2D eigenvalue weighted by Crippen LogP contribution is 2.27. The van der Waals surface area contributed by atoms with Gasteiger partial charge in [0, 0.05) is 13.1 Å². The van der Waals surface area contributed by atoms with Gasteiger partial charge in [-0.3, -0.25) is 0 Å². The molecule has 17 heavy (non-hydrogen) atoms. The Kier molecular flexibility index (Phi) is 4.15. The van der Waals surface area contributed by atoms with Crippen molar-refractivity contribution in [1.29, 1.82) is 0 Å². The lowest BCUT2D eigenvalue weighted by Gasteiger charge is -2.29. The lowest BCUT2D eigenvalue weighted by molar-refractivity contribution is 0.122. The number of benzene rings is 1. The molecule has 4 nitrogen and oxygen atoms in total. The summed E-state index contributed by atoms with van der Waals surface area (Å²) in [5.74, 6) is 0. The molecule has 1 saturated heterocycles. The number of morpholine rings is 1. The number of hydrogen-bond acceptors (Lipinski definition) is 4. The highest BCUT2D eigenvalue weighted by atomic mass is 35.5. The third-order valence-corrected chi connectivity index (χ3v) is 2.99. The Bertz CT molecular complexity index is 438. The van der Waals surface area contributed by atoms with E-state index in [9.17, 15) is 4.79 Å². The Labute approximate surface area is 105 Å². The quantitative estimate of drug-likeness (QED) is 0.611. The van der Waals surface area contributed by atoms with Gasteiger partial charge in [0.15, 0.2) is 0 Å². The van der Waals surface area contributed by atoms with E-state index in [0.29, 0.717) is 11.6 Å². The van der Waals surface area contributed by atoms with E-state index in [1.54, 1.807) is 0 Å². The molecule has 0 amide bonds. The lowest BCUT2D eigenvalue weighted by Crippen LogP contribution is -2.36. The Morgan fingerprint density at radius 3 is 2.82 bits per heavy atom. The van der Waals surface area contributed by atoms with Gasteiger partial charge in [-0.15, -0.1) is 0 Å². The summed E-state index contributed by atoms with van der Waals surface area (Å²) in [7, 11) is 0. The van der Waals surface area contributed by atoms with Crippen LogP contribution in [0, 0.1) is 0 Å². The SMILES string of the molecule is O=C=NCc1ccc(N2CCOCC2)c(Cl)c1. The van der Waals surface area contributed by atoms with E-state index < -0.39 is 0 Å². The summed E-state index contributed by atoms with van der Waals surface area (Å²) >= 11 is 6.22. The molecule has 90 valence electrons. The average Bonchev–Trinajstić information content (AvgIpc) is 2.37. The first-order valence-corrected chi connectivity index (χ1v) is 5.84. The maximum atomic E-state index is 10.0. The van der Waals surface area contributed by atoms with Crippen molar-refractivity contribution < 1.29 is 9.53 Å². The van der Waals surface area contributed by atoms with Crippen LogP contribution in [0.3, 0.4) is 0 Å². The Morgan fingerprint density at radius 1 is 1.41 bits per heavy atom. The maximum Gasteiger partial charge on any atom is 0.235 e. The normalized spacial score (nSPS) is 15.5. The molecule has 1 aliphatic rings. The second-order valence-corrected chi connectivity index (χ2v) is 4.20. The van der Waals surface area contributed by atoms with E-state index >= 15 is 0 Å². The molecule has 0 N–H and O–H groups in total. The van der Waals surface area contributed by atoms with Crippen molar-refractivity contribution in [1.82, 2.24) is 0 Å². The fourth-order valence-electron chi connectivity index (χ4n) is 1.83. The van der Waals surface area contributed by atoms with Gasteiger partial charge in [-0.25, -0.2) is 9.79 Å². The summed E-state index contributed by atoms with van der Waals surface area (Å²) in [6, 6.07) is 5.73. The Morgan fingerprint density at radius 2 is 2.18 bits per heavy atom. The average molecular weight is 253 g/mol. The van der Waals surface area contributed by atoms with Crippen LogP contribution in [-0.2, 0) is 16.1 Å². The summed E-state index contributed by atoms with van der Waals surface area (Å²) in [5, 5.41) is 0.686. The van der Waals surface area contributed by atoms with E-state index in [1.165, 1.54) is 6.08 Å².